The van der Waals surface area contributed by atoms with Crippen LogP contribution >= 0.6 is 11.3 Å². The van der Waals surface area contributed by atoms with Crippen LogP contribution in [0, 0.1) is 5.92 Å². The molecule has 126 valence electrons. The van der Waals surface area contributed by atoms with Crippen molar-refractivity contribution in [2.45, 2.75) is 12.8 Å². The number of hydrogen-bond donors (Lipinski definition) is 0. The molecule has 0 spiro atoms. The van der Waals surface area contributed by atoms with E-state index in [4.69, 9.17) is 0 Å². The topological polar surface area (TPSA) is 50.3 Å². The number of likely N-dealkylation sites (tertiary alicyclic amines) is 1. The molecule has 1 aromatic heterocycles. The van der Waals surface area contributed by atoms with Gasteiger partial charge in [-0.3, -0.25) is 9.59 Å². The summed E-state index contributed by atoms with van der Waals surface area (Å²) in [7, 11) is 0. The van der Waals surface area contributed by atoms with Crippen molar-refractivity contribution in [3.8, 4) is 0 Å². The van der Waals surface area contributed by atoms with E-state index in [1.54, 1.807) is 16.8 Å². The summed E-state index contributed by atoms with van der Waals surface area (Å²) in [6.45, 7) is 1.19. The molecular formula is C20H18N2O2S. The van der Waals surface area contributed by atoms with E-state index in [1.807, 2.05) is 53.4 Å². The van der Waals surface area contributed by atoms with Gasteiger partial charge in [-0.15, -0.1) is 11.3 Å². The molecule has 0 aliphatic carbocycles. The summed E-state index contributed by atoms with van der Waals surface area (Å²) in [6, 6.07) is 15.0. The smallest absolute Gasteiger partial charge is 0.253 e. The van der Waals surface area contributed by atoms with Gasteiger partial charge in [0, 0.05) is 30.1 Å². The number of rotatable bonds is 3. The highest BCUT2D eigenvalue weighted by atomic mass is 32.1. The van der Waals surface area contributed by atoms with Crippen LogP contribution in [0.3, 0.4) is 0 Å². The number of benzene rings is 2. The number of carbonyl (C=O) groups is 2. The standard InChI is InChI=1S/C20H18N2O2S/c23-19(14-5-2-1-3-6-14)16-7-4-10-22(12-16)20(24)15-8-9-18-17(11-15)21-13-25-18/h1-3,5-6,8-9,11,13,16H,4,7,10,12H2/t16-/m0/s1. The van der Waals surface area contributed by atoms with Crippen LogP contribution in [0.15, 0.2) is 54.0 Å². The van der Waals surface area contributed by atoms with Gasteiger partial charge in [-0.2, -0.15) is 0 Å². The molecule has 0 N–H and O–H groups in total. The van der Waals surface area contributed by atoms with Crippen molar-refractivity contribution < 1.29 is 9.59 Å². The lowest BCUT2D eigenvalue weighted by Gasteiger charge is -2.32. The maximum atomic E-state index is 12.9. The van der Waals surface area contributed by atoms with E-state index < -0.39 is 0 Å². The molecule has 2 heterocycles. The average molecular weight is 350 g/mol. The summed E-state index contributed by atoms with van der Waals surface area (Å²) >= 11 is 1.56. The van der Waals surface area contributed by atoms with Gasteiger partial charge in [-0.25, -0.2) is 4.98 Å². The summed E-state index contributed by atoms with van der Waals surface area (Å²) in [5, 5.41) is 0. The first-order valence-corrected chi connectivity index (χ1v) is 9.32. The summed E-state index contributed by atoms with van der Waals surface area (Å²) in [6.07, 6.45) is 1.69. The fourth-order valence-electron chi connectivity index (χ4n) is 3.39. The zero-order chi connectivity index (χ0) is 17.2. The number of hydrogen-bond acceptors (Lipinski definition) is 4. The molecule has 3 aromatic rings. The number of nitrogens with zero attached hydrogens (tertiary/aromatic N) is 2. The molecule has 0 saturated carbocycles. The fraction of sp³-hybridized carbons (Fsp3) is 0.250. The number of fused-ring (bicyclic) bond motifs is 1. The highest BCUT2D eigenvalue weighted by Crippen LogP contribution is 2.24. The fourth-order valence-corrected chi connectivity index (χ4v) is 4.05. The molecule has 1 atom stereocenters. The lowest BCUT2D eigenvalue weighted by molar-refractivity contribution is 0.0637. The first-order chi connectivity index (χ1) is 12.2. The zero-order valence-electron chi connectivity index (χ0n) is 13.7. The van der Waals surface area contributed by atoms with Crippen LogP contribution in [0.4, 0.5) is 0 Å². The van der Waals surface area contributed by atoms with Crippen LogP contribution in [-0.2, 0) is 0 Å². The van der Waals surface area contributed by atoms with Crippen molar-refractivity contribution in [1.29, 1.82) is 0 Å². The lowest BCUT2D eigenvalue weighted by Crippen LogP contribution is -2.42. The van der Waals surface area contributed by atoms with Crippen LogP contribution in [0.25, 0.3) is 10.2 Å². The Kier molecular flexibility index (Phi) is 4.32. The predicted molar refractivity (Wildman–Crippen MR) is 99.0 cm³/mol. The average Bonchev–Trinajstić information content (AvgIpc) is 3.15. The van der Waals surface area contributed by atoms with Crippen molar-refractivity contribution in [3.63, 3.8) is 0 Å². The molecule has 25 heavy (non-hydrogen) atoms. The van der Waals surface area contributed by atoms with Gasteiger partial charge in [0.15, 0.2) is 5.78 Å². The first-order valence-electron chi connectivity index (χ1n) is 8.44. The lowest BCUT2D eigenvalue weighted by atomic mass is 9.89. The van der Waals surface area contributed by atoms with Gasteiger partial charge in [-0.1, -0.05) is 30.3 Å². The normalized spacial score (nSPS) is 17.6. The Labute approximate surface area is 150 Å². The monoisotopic (exact) mass is 350 g/mol. The Morgan fingerprint density at radius 3 is 2.76 bits per heavy atom. The minimum atomic E-state index is -0.122. The quantitative estimate of drug-likeness (QED) is 0.670. The summed E-state index contributed by atoms with van der Waals surface area (Å²) in [5.74, 6) is -0.00313. The van der Waals surface area contributed by atoms with E-state index in [-0.39, 0.29) is 17.6 Å². The minimum absolute atomic E-state index is 0.0135. The molecule has 4 rings (SSSR count). The van der Waals surface area contributed by atoms with E-state index in [9.17, 15) is 9.59 Å². The number of carbonyl (C=O) groups excluding carboxylic acids is 2. The number of amides is 1. The molecule has 2 aromatic carbocycles. The number of ketones is 1. The second-order valence-corrected chi connectivity index (χ2v) is 7.24. The highest BCUT2D eigenvalue weighted by Gasteiger charge is 2.29. The summed E-state index contributed by atoms with van der Waals surface area (Å²) in [4.78, 5) is 31.6. The van der Waals surface area contributed by atoms with E-state index in [2.05, 4.69) is 4.98 Å². The van der Waals surface area contributed by atoms with Gasteiger partial charge in [-0.05, 0) is 31.0 Å². The second kappa shape index (κ2) is 6.76. The molecule has 1 aliphatic heterocycles. The molecule has 0 bridgehead atoms. The van der Waals surface area contributed by atoms with Gasteiger partial charge in [0.2, 0.25) is 0 Å². The zero-order valence-corrected chi connectivity index (χ0v) is 14.5. The summed E-state index contributed by atoms with van der Waals surface area (Å²) in [5.41, 5.74) is 4.01. The third-order valence-corrected chi connectivity index (χ3v) is 5.53. The Hall–Kier alpha value is -2.53. The van der Waals surface area contributed by atoms with Gasteiger partial charge in [0.1, 0.15) is 0 Å². The van der Waals surface area contributed by atoms with E-state index in [0.717, 1.165) is 28.6 Å². The molecule has 0 radical (unpaired) electrons. The number of aromatic nitrogens is 1. The van der Waals surface area contributed by atoms with Crippen LogP contribution in [0.1, 0.15) is 33.6 Å². The van der Waals surface area contributed by atoms with Crippen LogP contribution < -0.4 is 0 Å². The third-order valence-electron chi connectivity index (χ3n) is 4.72. The highest BCUT2D eigenvalue weighted by molar-refractivity contribution is 7.16. The van der Waals surface area contributed by atoms with Crippen molar-refractivity contribution in [3.05, 3.63) is 65.2 Å². The molecule has 1 fully saturated rings. The number of thiazole rings is 1. The van der Waals surface area contributed by atoms with Crippen LogP contribution in [0.5, 0.6) is 0 Å². The molecule has 1 amide bonds. The maximum Gasteiger partial charge on any atom is 0.253 e. The molecule has 1 aliphatic rings. The number of Topliss-reactive ketones (excluding diaryl/α,β-unsaturated/α-hetero) is 1. The van der Waals surface area contributed by atoms with E-state index >= 15 is 0 Å². The molecule has 5 heteroatoms. The largest absolute Gasteiger partial charge is 0.338 e. The van der Waals surface area contributed by atoms with Gasteiger partial charge in [0.05, 0.1) is 15.7 Å². The van der Waals surface area contributed by atoms with Gasteiger partial charge >= 0.3 is 0 Å². The molecular weight excluding hydrogens is 332 g/mol. The van der Waals surface area contributed by atoms with Crippen molar-refractivity contribution >= 4 is 33.2 Å². The Bertz CT molecular complexity index is 920. The Morgan fingerprint density at radius 2 is 1.92 bits per heavy atom. The van der Waals surface area contributed by atoms with Crippen LogP contribution in [-0.4, -0.2) is 34.7 Å². The van der Waals surface area contributed by atoms with Crippen molar-refractivity contribution in [2.75, 3.05) is 13.1 Å². The van der Waals surface area contributed by atoms with Gasteiger partial charge < -0.3 is 4.90 Å². The van der Waals surface area contributed by atoms with Crippen LogP contribution in [0.2, 0.25) is 0 Å². The SMILES string of the molecule is O=C(c1ccccc1)[C@H]1CCCN(C(=O)c2ccc3scnc3c2)C1. The van der Waals surface area contributed by atoms with Gasteiger partial charge in [0.25, 0.3) is 5.91 Å². The Balaban J connectivity index is 1.52. The summed E-state index contributed by atoms with van der Waals surface area (Å²) < 4.78 is 1.08. The maximum absolute atomic E-state index is 12.9. The Morgan fingerprint density at radius 1 is 1.08 bits per heavy atom. The van der Waals surface area contributed by atoms with E-state index in [1.165, 1.54) is 0 Å². The number of piperidine rings is 1. The molecule has 0 unspecified atom stereocenters. The third kappa shape index (κ3) is 3.20. The minimum Gasteiger partial charge on any atom is -0.338 e. The first kappa shape index (κ1) is 16.0. The van der Waals surface area contributed by atoms with Crippen molar-refractivity contribution in [2.24, 2.45) is 5.92 Å². The molecule has 1 saturated heterocycles. The van der Waals surface area contributed by atoms with Crippen molar-refractivity contribution in [1.82, 2.24) is 9.88 Å². The predicted octanol–water partition coefficient (Wildman–Crippen LogP) is 4.03. The molecule has 4 nitrogen and oxygen atoms in total. The van der Waals surface area contributed by atoms with E-state index in [0.29, 0.717) is 18.7 Å². The second-order valence-electron chi connectivity index (χ2n) is 6.36.